The first-order valence-corrected chi connectivity index (χ1v) is 5.07. The fourth-order valence-electron chi connectivity index (χ4n) is 1.47. The van der Waals surface area contributed by atoms with Crippen LogP contribution >= 0.6 is 11.3 Å². The zero-order chi connectivity index (χ0) is 8.44. The van der Waals surface area contributed by atoms with Crippen molar-refractivity contribution in [3.63, 3.8) is 0 Å². The molecule has 0 atom stereocenters. The van der Waals surface area contributed by atoms with Gasteiger partial charge in [0.25, 0.3) is 0 Å². The molecular formula is C9H12O2S. The Balaban J connectivity index is 2.28. The van der Waals surface area contributed by atoms with Crippen molar-refractivity contribution in [2.75, 3.05) is 13.2 Å². The zero-order valence-electron chi connectivity index (χ0n) is 7.08. The highest BCUT2D eigenvalue weighted by Crippen LogP contribution is 2.36. The molecule has 0 amide bonds. The van der Waals surface area contributed by atoms with Gasteiger partial charge in [-0.2, -0.15) is 0 Å². The highest BCUT2D eigenvalue weighted by Gasteiger charge is 2.37. The molecule has 1 aliphatic rings. The lowest BCUT2D eigenvalue weighted by Gasteiger charge is -2.24. The molecule has 0 aromatic carbocycles. The Morgan fingerprint density at radius 2 is 2.25 bits per heavy atom. The van der Waals surface area contributed by atoms with E-state index in [1.165, 1.54) is 4.88 Å². The maximum Gasteiger partial charge on any atom is 0.204 e. The molecule has 1 aromatic rings. The predicted molar refractivity (Wildman–Crippen MR) is 48.2 cm³/mol. The van der Waals surface area contributed by atoms with Gasteiger partial charge < -0.3 is 9.47 Å². The summed E-state index contributed by atoms with van der Waals surface area (Å²) in [6, 6.07) is 4.10. The van der Waals surface area contributed by atoms with Crippen molar-refractivity contribution in [1.29, 1.82) is 0 Å². The lowest BCUT2D eigenvalue weighted by Crippen LogP contribution is -2.24. The summed E-state index contributed by atoms with van der Waals surface area (Å²) in [4.78, 5) is 1.18. The van der Waals surface area contributed by atoms with Gasteiger partial charge in [-0.05, 0) is 11.4 Å². The topological polar surface area (TPSA) is 18.5 Å². The SMILES string of the molecule is CCC1(c2cccs2)OCCO1. The van der Waals surface area contributed by atoms with Crippen molar-refractivity contribution in [3.8, 4) is 0 Å². The van der Waals surface area contributed by atoms with Crippen LogP contribution in [0.5, 0.6) is 0 Å². The van der Waals surface area contributed by atoms with Crippen LogP contribution in [0.4, 0.5) is 0 Å². The lowest BCUT2D eigenvalue weighted by atomic mass is 10.2. The Labute approximate surface area is 76.1 Å². The molecule has 0 saturated carbocycles. The number of ether oxygens (including phenoxy) is 2. The van der Waals surface area contributed by atoms with Crippen LogP contribution in [-0.4, -0.2) is 13.2 Å². The molecule has 0 radical (unpaired) electrons. The van der Waals surface area contributed by atoms with Crippen LogP contribution in [0, 0.1) is 0 Å². The molecule has 2 nitrogen and oxygen atoms in total. The molecule has 0 spiro atoms. The summed E-state index contributed by atoms with van der Waals surface area (Å²) < 4.78 is 11.2. The Morgan fingerprint density at radius 3 is 2.75 bits per heavy atom. The molecule has 0 aliphatic carbocycles. The second-order valence-corrected chi connectivity index (χ2v) is 3.73. The minimum absolute atomic E-state index is 0.422. The highest BCUT2D eigenvalue weighted by atomic mass is 32.1. The molecule has 2 heterocycles. The van der Waals surface area contributed by atoms with Crippen LogP contribution in [0.2, 0.25) is 0 Å². The van der Waals surface area contributed by atoms with Crippen molar-refractivity contribution >= 4 is 11.3 Å². The number of hydrogen-bond donors (Lipinski definition) is 0. The van der Waals surface area contributed by atoms with Crippen molar-refractivity contribution < 1.29 is 9.47 Å². The molecule has 0 bridgehead atoms. The summed E-state index contributed by atoms with van der Waals surface area (Å²) in [6.45, 7) is 3.52. The van der Waals surface area contributed by atoms with Crippen LogP contribution in [0.15, 0.2) is 17.5 Å². The maximum atomic E-state index is 5.62. The molecule has 3 heteroatoms. The Bertz CT molecular complexity index is 237. The van der Waals surface area contributed by atoms with Gasteiger partial charge in [-0.3, -0.25) is 0 Å². The first kappa shape index (κ1) is 8.23. The summed E-state index contributed by atoms with van der Waals surface area (Å²) in [6.07, 6.45) is 0.882. The molecule has 1 aliphatic heterocycles. The monoisotopic (exact) mass is 184 g/mol. The van der Waals surface area contributed by atoms with E-state index in [1.807, 2.05) is 6.07 Å². The fourth-order valence-corrected chi connectivity index (χ4v) is 2.37. The van der Waals surface area contributed by atoms with Crippen LogP contribution in [-0.2, 0) is 15.3 Å². The first-order chi connectivity index (χ1) is 5.87. The Hall–Kier alpha value is -0.380. The fraction of sp³-hybridized carbons (Fsp3) is 0.556. The molecule has 12 heavy (non-hydrogen) atoms. The van der Waals surface area contributed by atoms with Crippen LogP contribution in [0.3, 0.4) is 0 Å². The van der Waals surface area contributed by atoms with Crippen molar-refractivity contribution in [1.82, 2.24) is 0 Å². The van der Waals surface area contributed by atoms with Crippen LogP contribution in [0.25, 0.3) is 0 Å². The Morgan fingerprint density at radius 1 is 1.50 bits per heavy atom. The molecule has 1 saturated heterocycles. The first-order valence-electron chi connectivity index (χ1n) is 4.19. The summed E-state index contributed by atoms with van der Waals surface area (Å²) in [5.41, 5.74) is 0. The summed E-state index contributed by atoms with van der Waals surface area (Å²) in [5.74, 6) is -0.422. The number of thiophene rings is 1. The molecule has 0 unspecified atom stereocenters. The third-order valence-electron chi connectivity index (χ3n) is 2.12. The van der Waals surface area contributed by atoms with Gasteiger partial charge in [0.05, 0.1) is 18.1 Å². The van der Waals surface area contributed by atoms with Crippen LogP contribution in [0.1, 0.15) is 18.2 Å². The van der Waals surface area contributed by atoms with E-state index >= 15 is 0 Å². The molecule has 1 fully saturated rings. The number of rotatable bonds is 2. The third kappa shape index (κ3) is 1.18. The Kier molecular flexibility index (Phi) is 2.17. The van der Waals surface area contributed by atoms with Gasteiger partial charge in [0.15, 0.2) is 0 Å². The van der Waals surface area contributed by atoms with Crippen molar-refractivity contribution in [2.45, 2.75) is 19.1 Å². The minimum atomic E-state index is -0.422. The van der Waals surface area contributed by atoms with Crippen LogP contribution < -0.4 is 0 Å². The van der Waals surface area contributed by atoms with E-state index < -0.39 is 5.79 Å². The largest absolute Gasteiger partial charge is 0.343 e. The smallest absolute Gasteiger partial charge is 0.204 e. The lowest BCUT2D eigenvalue weighted by molar-refractivity contribution is -0.164. The maximum absolute atomic E-state index is 5.62. The third-order valence-corrected chi connectivity index (χ3v) is 3.11. The van der Waals surface area contributed by atoms with E-state index in [0.29, 0.717) is 13.2 Å². The van der Waals surface area contributed by atoms with Gasteiger partial charge in [-0.25, -0.2) is 0 Å². The van der Waals surface area contributed by atoms with E-state index in [2.05, 4.69) is 18.4 Å². The van der Waals surface area contributed by atoms with E-state index in [4.69, 9.17) is 9.47 Å². The molecule has 66 valence electrons. The van der Waals surface area contributed by atoms with Gasteiger partial charge in [0.1, 0.15) is 0 Å². The predicted octanol–water partition coefficient (Wildman–Crippen LogP) is 2.36. The quantitative estimate of drug-likeness (QED) is 0.702. The number of hydrogen-bond acceptors (Lipinski definition) is 3. The summed E-state index contributed by atoms with van der Waals surface area (Å²) in [7, 11) is 0. The normalized spacial score (nSPS) is 21.4. The van der Waals surface area contributed by atoms with Gasteiger partial charge in [-0.15, -0.1) is 11.3 Å². The zero-order valence-corrected chi connectivity index (χ0v) is 7.89. The molecule has 2 rings (SSSR count). The second-order valence-electron chi connectivity index (χ2n) is 2.78. The van der Waals surface area contributed by atoms with E-state index in [-0.39, 0.29) is 0 Å². The van der Waals surface area contributed by atoms with Gasteiger partial charge in [0.2, 0.25) is 5.79 Å². The average molecular weight is 184 g/mol. The highest BCUT2D eigenvalue weighted by molar-refractivity contribution is 7.10. The molecular weight excluding hydrogens is 172 g/mol. The molecule has 1 aromatic heterocycles. The van der Waals surface area contributed by atoms with Crippen molar-refractivity contribution in [2.24, 2.45) is 0 Å². The van der Waals surface area contributed by atoms with E-state index in [9.17, 15) is 0 Å². The average Bonchev–Trinajstić information content (AvgIpc) is 2.76. The van der Waals surface area contributed by atoms with Gasteiger partial charge in [0, 0.05) is 6.42 Å². The molecule has 0 N–H and O–H groups in total. The van der Waals surface area contributed by atoms with E-state index in [0.717, 1.165) is 6.42 Å². The standard InChI is InChI=1S/C9H12O2S/c1-2-9(10-5-6-11-9)8-4-3-7-12-8/h3-4,7H,2,5-6H2,1H3. The minimum Gasteiger partial charge on any atom is -0.343 e. The van der Waals surface area contributed by atoms with Gasteiger partial charge in [-0.1, -0.05) is 13.0 Å². The summed E-state index contributed by atoms with van der Waals surface area (Å²) >= 11 is 1.69. The van der Waals surface area contributed by atoms with Crippen molar-refractivity contribution in [3.05, 3.63) is 22.4 Å². The van der Waals surface area contributed by atoms with E-state index in [1.54, 1.807) is 11.3 Å². The summed E-state index contributed by atoms with van der Waals surface area (Å²) in [5, 5.41) is 2.05. The van der Waals surface area contributed by atoms with Gasteiger partial charge >= 0.3 is 0 Å². The second kappa shape index (κ2) is 3.17.